The Hall–Kier alpha value is -2.74. The number of anilines is 1. The van der Waals surface area contributed by atoms with Gasteiger partial charge in [0.15, 0.2) is 0 Å². The first kappa shape index (κ1) is 20.0. The number of hydrogen-bond donors (Lipinski definition) is 1. The Morgan fingerprint density at radius 2 is 1.93 bits per heavy atom. The number of carbonyl (C=O) groups excluding carboxylic acids is 1. The molecule has 148 valence electrons. The van der Waals surface area contributed by atoms with Crippen molar-refractivity contribution >= 4 is 27.3 Å². The zero-order chi connectivity index (χ0) is 20.5. The van der Waals surface area contributed by atoms with Crippen LogP contribution in [0.2, 0.25) is 0 Å². The molecule has 3 rings (SSSR count). The summed E-state index contributed by atoms with van der Waals surface area (Å²) in [6.45, 7) is 3.54. The van der Waals surface area contributed by atoms with Gasteiger partial charge in [0, 0.05) is 23.6 Å². The highest BCUT2D eigenvalue weighted by Gasteiger charge is 2.35. The van der Waals surface area contributed by atoms with Crippen LogP contribution in [0.1, 0.15) is 37.4 Å². The lowest BCUT2D eigenvalue weighted by atomic mass is 9.97. The molecular weight excluding hydrogens is 381 g/mol. The molecule has 0 radical (unpaired) electrons. The SMILES string of the molecule is CC(C)C(=O)N1N=C(c2cccc(NS(C)(=O)=O)c2)C[C@H]1c1ccccc1F. The summed E-state index contributed by atoms with van der Waals surface area (Å²) in [4.78, 5) is 12.7. The van der Waals surface area contributed by atoms with Crippen LogP contribution in [0.3, 0.4) is 0 Å². The normalized spacial score (nSPS) is 17.0. The summed E-state index contributed by atoms with van der Waals surface area (Å²) in [6.07, 6.45) is 1.41. The molecule has 0 saturated heterocycles. The third kappa shape index (κ3) is 4.39. The van der Waals surface area contributed by atoms with E-state index in [1.54, 1.807) is 56.3 Å². The fourth-order valence-corrected chi connectivity index (χ4v) is 3.67. The molecule has 28 heavy (non-hydrogen) atoms. The van der Waals surface area contributed by atoms with E-state index in [1.807, 2.05) is 0 Å². The molecule has 2 aromatic carbocycles. The average Bonchev–Trinajstić information content (AvgIpc) is 3.05. The molecule has 1 N–H and O–H groups in total. The summed E-state index contributed by atoms with van der Waals surface area (Å²) in [5.41, 5.74) is 2.08. The van der Waals surface area contributed by atoms with Crippen molar-refractivity contribution in [3.63, 3.8) is 0 Å². The van der Waals surface area contributed by atoms with Gasteiger partial charge in [-0.05, 0) is 23.8 Å². The minimum absolute atomic E-state index is 0.200. The minimum Gasteiger partial charge on any atom is -0.284 e. The zero-order valence-electron chi connectivity index (χ0n) is 15.9. The lowest BCUT2D eigenvalue weighted by molar-refractivity contribution is -0.136. The highest BCUT2D eigenvalue weighted by Crippen LogP contribution is 2.35. The van der Waals surface area contributed by atoms with Crippen LogP contribution < -0.4 is 4.72 Å². The molecule has 1 amide bonds. The van der Waals surface area contributed by atoms with E-state index in [0.29, 0.717) is 28.9 Å². The molecule has 0 aromatic heterocycles. The smallest absolute Gasteiger partial charge is 0.245 e. The van der Waals surface area contributed by atoms with Crippen LogP contribution in [0.15, 0.2) is 53.6 Å². The molecule has 1 aliphatic rings. The number of halogens is 1. The predicted octanol–water partition coefficient (Wildman–Crippen LogP) is 3.53. The van der Waals surface area contributed by atoms with E-state index in [4.69, 9.17) is 0 Å². The molecule has 0 bridgehead atoms. The average molecular weight is 403 g/mol. The number of hydrazone groups is 1. The van der Waals surface area contributed by atoms with Crippen molar-refractivity contribution in [3.8, 4) is 0 Å². The number of hydrogen-bond acceptors (Lipinski definition) is 4. The topological polar surface area (TPSA) is 78.8 Å². The summed E-state index contributed by atoms with van der Waals surface area (Å²) in [6, 6.07) is 12.6. The van der Waals surface area contributed by atoms with Crippen LogP contribution in [-0.2, 0) is 14.8 Å². The minimum atomic E-state index is -3.42. The van der Waals surface area contributed by atoms with Crippen LogP contribution in [0.4, 0.5) is 10.1 Å². The van der Waals surface area contributed by atoms with Gasteiger partial charge < -0.3 is 0 Å². The summed E-state index contributed by atoms with van der Waals surface area (Å²) in [5, 5.41) is 5.81. The standard InChI is InChI=1S/C20H22FN3O3S/c1-13(2)20(25)24-19(16-9-4-5-10-17(16)21)12-18(22-24)14-7-6-8-15(11-14)23-28(3,26)27/h4-11,13,19,23H,12H2,1-3H3/t19-/m0/s1. The molecule has 6 nitrogen and oxygen atoms in total. The monoisotopic (exact) mass is 403 g/mol. The van der Waals surface area contributed by atoms with E-state index in [2.05, 4.69) is 9.82 Å². The van der Waals surface area contributed by atoms with E-state index in [0.717, 1.165) is 6.26 Å². The van der Waals surface area contributed by atoms with Gasteiger partial charge in [-0.1, -0.05) is 44.2 Å². The fraction of sp³-hybridized carbons (Fsp3) is 0.300. The van der Waals surface area contributed by atoms with Gasteiger partial charge in [0.05, 0.1) is 18.0 Å². The van der Waals surface area contributed by atoms with E-state index in [1.165, 1.54) is 11.1 Å². The van der Waals surface area contributed by atoms with Gasteiger partial charge in [0.1, 0.15) is 5.82 Å². The maximum atomic E-state index is 14.4. The number of amides is 1. The molecular formula is C20H22FN3O3S. The Bertz CT molecular complexity index is 1030. The zero-order valence-corrected chi connectivity index (χ0v) is 16.7. The number of rotatable bonds is 5. The number of sulfonamides is 1. The highest BCUT2D eigenvalue weighted by atomic mass is 32.2. The van der Waals surface area contributed by atoms with Gasteiger partial charge in [-0.2, -0.15) is 5.10 Å². The van der Waals surface area contributed by atoms with Crippen LogP contribution in [0.5, 0.6) is 0 Å². The van der Waals surface area contributed by atoms with Crippen LogP contribution >= 0.6 is 0 Å². The van der Waals surface area contributed by atoms with Gasteiger partial charge in [-0.15, -0.1) is 0 Å². The van der Waals surface area contributed by atoms with Crippen molar-refractivity contribution in [2.45, 2.75) is 26.3 Å². The maximum absolute atomic E-state index is 14.4. The second kappa shape index (κ2) is 7.71. The third-order valence-corrected chi connectivity index (χ3v) is 5.00. The van der Waals surface area contributed by atoms with Crippen LogP contribution in [0.25, 0.3) is 0 Å². The Labute approximate surface area is 164 Å². The van der Waals surface area contributed by atoms with E-state index in [9.17, 15) is 17.6 Å². The van der Waals surface area contributed by atoms with E-state index >= 15 is 0 Å². The first-order chi connectivity index (χ1) is 13.2. The van der Waals surface area contributed by atoms with Gasteiger partial charge >= 0.3 is 0 Å². The summed E-state index contributed by atoms with van der Waals surface area (Å²) in [7, 11) is -3.42. The van der Waals surface area contributed by atoms with Crippen molar-refractivity contribution in [3.05, 3.63) is 65.5 Å². The molecule has 1 heterocycles. The first-order valence-corrected chi connectivity index (χ1v) is 10.8. The molecule has 1 atom stereocenters. The molecule has 8 heteroatoms. The summed E-state index contributed by atoms with van der Waals surface area (Å²) >= 11 is 0. The molecule has 0 spiro atoms. The molecule has 0 unspecified atom stereocenters. The quantitative estimate of drug-likeness (QED) is 0.829. The molecule has 0 aliphatic carbocycles. The second-order valence-electron chi connectivity index (χ2n) is 7.08. The molecule has 0 fully saturated rings. The Kier molecular flexibility index (Phi) is 5.51. The Morgan fingerprint density at radius 1 is 1.21 bits per heavy atom. The lowest BCUT2D eigenvalue weighted by Gasteiger charge is -2.23. The highest BCUT2D eigenvalue weighted by molar-refractivity contribution is 7.92. The van der Waals surface area contributed by atoms with Gasteiger partial charge in [-0.25, -0.2) is 17.8 Å². The number of benzene rings is 2. The predicted molar refractivity (Wildman–Crippen MR) is 107 cm³/mol. The largest absolute Gasteiger partial charge is 0.284 e. The van der Waals surface area contributed by atoms with Gasteiger partial charge in [-0.3, -0.25) is 9.52 Å². The molecule has 0 saturated carbocycles. The van der Waals surface area contributed by atoms with Crippen molar-refractivity contribution in [1.82, 2.24) is 5.01 Å². The summed E-state index contributed by atoms with van der Waals surface area (Å²) < 4.78 is 39.8. The summed E-state index contributed by atoms with van der Waals surface area (Å²) in [5.74, 6) is -0.887. The molecule has 1 aliphatic heterocycles. The Balaban J connectivity index is 1.99. The van der Waals surface area contributed by atoms with Crippen molar-refractivity contribution in [1.29, 1.82) is 0 Å². The molecule has 2 aromatic rings. The first-order valence-electron chi connectivity index (χ1n) is 8.89. The van der Waals surface area contributed by atoms with Crippen molar-refractivity contribution < 1.29 is 17.6 Å². The number of carbonyl (C=O) groups is 1. The Morgan fingerprint density at radius 3 is 2.57 bits per heavy atom. The van der Waals surface area contributed by atoms with Gasteiger partial charge in [0.2, 0.25) is 15.9 Å². The van der Waals surface area contributed by atoms with E-state index in [-0.39, 0.29) is 11.8 Å². The van der Waals surface area contributed by atoms with Crippen molar-refractivity contribution in [2.75, 3.05) is 11.0 Å². The third-order valence-electron chi connectivity index (χ3n) is 4.39. The van der Waals surface area contributed by atoms with Crippen LogP contribution in [-0.4, -0.2) is 31.3 Å². The van der Waals surface area contributed by atoms with E-state index < -0.39 is 21.9 Å². The van der Waals surface area contributed by atoms with Crippen LogP contribution in [0, 0.1) is 11.7 Å². The number of nitrogens with one attached hydrogen (secondary N) is 1. The number of nitrogens with zero attached hydrogens (tertiary/aromatic N) is 2. The lowest BCUT2D eigenvalue weighted by Crippen LogP contribution is -2.31. The second-order valence-corrected chi connectivity index (χ2v) is 8.83. The van der Waals surface area contributed by atoms with Crippen molar-refractivity contribution in [2.24, 2.45) is 11.0 Å². The fourth-order valence-electron chi connectivity index (χ4n) is 3.12. The maximum Gasteiger partial charge on any atom is 0.245 e. The van der Waals surface area contributed by atoms with Gasteiger partial charge in [0.25, 0.3) is 0 Å².